The van der Waals surface area contributed by atoms with E-state index in [1.54, 1.807) is 0 Å². The molecule has 0 rings (SSSR count). The molecule has 3 N–H and O–H groups in total. The predicted molar refractivity (Wildman–Crippen MR) is 93.7 cm³/mol. The van der Waals surface area contributed by atoms with Crippen molar-refractivity contribution in [2.75, 3.05) is 19.8 Å². The Labute approximate surface area is 133 Å². The predicted octanol–water partition coefficient (Wildman–Crippen LogP) is 4.68. The van der Waals surface area contributed by atoms with Gasteiger partial charge in [-0.25, -0.2) is 0 Å². The van der Waals surface area contributed by atoms with Gasteiger partial charge in [-0.3, -0.25) is 0 Å². The van der Waals surface area contributed by atoms with Gasteiger partial charge < -0.3 is 15.3 Å². The largest absolute Gasteiger partial charge is 0.396 e. The molecule has 0 heterocycles. The number of unbranched alkanes of at least 4 members (excludes halogenated alkanes) is 9. The van der Waals surface area contributed by atoms with Crippen LogP contribution in [0.5, 0.6) is 0 Å². The molecule has 0 fully saturated rings. The first kappa shape index (κ1) is 25.8. The maximum absolute atomic E-state index is 8.47. The van der Waals surface area contributed by atoms with E-state index < -0.39 is 0 Å². The molecular weight excluding hydrogens is 264 g/mol. The Balaban J connectivity index is -0.000000256. The van der Waals surface area contributed by atoms with Crippen molar-refractivity contribution < 1.29 is 15.3 Å². The molecule has 0 amide bonds. The molecule has 0 bridgehead atoms. The van der Waals surface area contributed by atoms with Crippen LogP contribution in [0, 0.1) is 0 Å². The summed E-state index contributed by atoms with van der Waals surface area (Å²) >= 11 is 0. The van der Waals surface area contributed by atoms with Crippen LogP contribution >= 0.6 is 0 Å². The van der Waals surface area contributed by atoms with Crippen LogP contribution in [-0.4, -0.2) is 35.1 Å². The van der Waals surface area contributed by atoms with Gasteiger partial charge >= 0.3 is 0 Å². The summed E-state index contributed by atoms with van der Waals surface area (Å²) in [6.07, 6.45) is 14.5. The highest BCUT2D eigenvalue weighted by atomic mass is 16.3. The Morgan fingerprint density at radius 3 is 0.952 bits per heavy atom. The maximum atomic E-state index is 8.47. The zero-order chi connectivity index (χ0) is 16.6. The van der Waals surface area contributed by atoms with Crippen LogP contribution < -0.4 is 0 Å². The molecule has 3 nitrogen and oxygen atoms in total. The quantitative estimate of drug-likeness (QED) is 0.459. The van der Waals surface area contributed by atoms with Gasteiger partial charge in [0, 0.05) is 19.8 Å². The van der Waals surface area contributed by atoms with E-state index in [0.29, 0.717) is 19.8 Å². The van der Waals surface area contributed by atoms with Gasteiger partial charge in [0.2, 0.25) is 0 Å². The fraction of sp³-hybridized carbons (Fsp3) is 1.00. The van der Waals surface area contributed by atoms with Crippen LogP contribution in [0.4, 0.5) is 0 Å². The Hall–Kier alpha value is -0.120. The highest BCUT2D eigenvalue weighted by Gasteiger charge is 1.88. The molecule has 0 radical (unpaired) electrons. The van der Waals surface area contributed by atoms with E-state index in [1.807, 2.05) is 6.92 Å². The molecule has 132 valence electrons. The summed E-state index contributed by atoms with van der Waals surface area (Å²) in [7, 11) is 0. The highest BCUT2D eigenvalue weighted by molar-refractivity contribution is 4.43. The third-order valence-corrected chi connectivity index (χ3v) is 3.00. The van der Waals surface area contributed by atoms with E-state index in [4.69, 9.17) is 15.3 Å². The second kappa shape index (κ2) is 32.0. The van der Waals surface area contributed by atoms with Gasteiger partial charge in [0.15, 0.2) is 0 Å². The molecule has 0 spiro atoms. The average Bonchev–Trinajstić information content (AvgIpc) is 2.52. The Morgan fingerprint density at radius 1 is 0.381 bits per heavy atom. The van der Waals surface area contributed by atoms with E-state index in [0.717, 1.165) is 19.3 Å². The van der Waals surface area contributed by atoms with Gasteiger partial charge in [-0.2, -0.15) is 0 Å². The van der Waals surface area contributed by atoms with Crippen LogP contribution in [0.25, 0.3) is 0 Å². The van der Waals surface area contributed by atoms with Crippen LogP contribution in [0.1, 0.15) is 97.8 Å². The van der Waals surface area contributed by atoms with Gasteiger partial charge in [0.05, 0.1) is 0 Å². The molecule has 0 aliphatic carbocycles. The minimum absolute atomic E-state index is 0.319. The standard InChI is InChI=1S/C9H20O.C6H14O.C3H8O/c1-2-3-4-5-6-7-8-9-10;1-2-3-4-5-6-7;1-2-3-4/h10H,2-9H2,1H3;7H,2-6H2,1H3;4H,2-3H2,1H3. The molecule has 0 saturated carbocycles. The number of aliphatic hydroxyl groups is 3. The molecule has 0 aliphatic rings. The zero-order valence-electron chi connectivity index (χ0n) is 14.9. The molecular formula is C18H42O3. The third kappa shape index (κ3) is 45.0. The molecule has 3 heteroatoms. The first-order chi connectivity index (χ1) is 10.2. The molecule has 0 atom stereocenters. The van der Waals surface area contributed by atoms with E-state index in [-0.39, 0.29) is 0 Å². The second-order valence-electron chi connectivity index (χ2n) is 5.35. The smallest absolute Gasteiger partial charge is 0.0431 e. The number of rotatable bonds is 12. The molecule has 21 heavy (non-hydrogen) atoms. The Kier molecular flexibility index (Phi) is 39.3. The monoisotopic (exact) mass is 306 g/mol. The van der Waals surface area contributed by atoms with Crippen molar-refractivity contribution in [3.8, 4) is 0 Å². The zero-order valence-corrected chi connectivity index (χ0v) is 14.9. The first-order valence-electron chi connectivity index (χ1n) is 9.07. The number of aliphatic hydroxyl groups excluding tert-OH is 3. The lowest BCUT2D eigenvalue weighted by atomic mass is 10.1. The van der Waals surface area contributed by atoms with Crippen molar-refractivity contribution in [3.05, 3.63) is 0 Å². The lowest BCUT2D eigenvalue weighted by Gasteiger charge is -1.97. The summed E-state index contributed by atoms with van der Waals surface area (Å²) in [5, 5.41) is 24.6. The molecule has 0 aromatic carbocycles. The van der Waals surface area contributed by atoms with Crippen molar-refractivity contribution >= 4 is 0 Å². The Morgan fingerprint density at radius 2 is 0.667 bits per heavy atom. The van der Waals surface area contributed by atoms with E-state index >= 15 is 0 Å². The van der Waals surface area contributed by atoms with Gasteiger partial charge in [-0.15, -0.1) is 0 Å². The van der Waals surface area contributed by atoms with Crippen LogP contribution in [0.3, 0.4) is 0 Å². The van der Waals surface area contributed by atoms with Gasteiger partial charge in [-0.1, -0.05) is 78.6 Å². The van der Waals surface area contributed by atoms with E-state index in [1.165, 1.54) is 57.8 Å². The van der Waals surface area contributed by atoms with Gasteiger partial charge in [0.1, 0.15) is 0 Å². The van der Waals surface area contributed by atoms with Gasteiger partial charge in [-0.05, 0) is 19.3 Å². The molecule has 0 unspecified atom stereocenters. The molecule has 0 aliphatic heterocycles. The van der Waals surface area contributed by atoms with Crippen LogP contribution in [0.2, 0.25) is 0 Å². The average molecular weight is 307 g/mol. The second-order valence-corrected chi connectivity index (χ2v) is 5.35. The minimum Gasteiger partial charge on any atom is -0.396 e. The van der Waals surface area contributed by atoms with Crippen molar-refractivity contribution in [2.24, 2.45) is 0 Å². The van der Waals surface area contributed by atoms with Crippen molar-refractivity contribution in [3.63, 3.8) is 0 Å². The minimum atomic E-state index is 0.319. The molecule has 0 aromatic heterocycles. The SMILES string of the molecule is CCCCCCCCCO.CCCCCCO.CCCO. The van der Waals surface area contributed by atoms with Crippen LogP contribution in [0.15, 0.2) is 0 Å². The summed E-state index contributed by atoms with van der Waals surface area (Å²) in [6, 6.07) is 0. The van der Waals surface area contributed by atoms with E-state index in [2.05, 4.69) is 13.8 Å². The topological polar surface area (TPSA) is 60.7 Å². The van der Waals surface area contributed by atoms with Crippen molar-refractivity contribution in [2.45, 2.75) is 97.8 Å². The summed E-state index contributed by atoms with van der Waals surface area (Å²) in [5.74, 6) is 0. The Bertz CT molecular complexity index is 116. The number of hydrogen-bond donors (Lipinski definition) is 3. The maximum Gasteiger partial charge on any atom is 0.0431 e. The fourth-order valence-electron chi connectivity index (χ4n) is 1.61. The summed E-state index contributed by atoms with van der Waals surface area (Å²) < 4.78 is 0. The molecule has 0 aromatic rings. The molecule has 0 saturated heterocycles. The fourth-order valence-corrected chi connectivity index (χ4v) is 1.61. The van der Waals surface area contributed by atoms with Crippen molar-refractivity contribution in [1.29, 1.82) is 0 Å². The summed E-state index contributed by atoms with van der Waals surface area (Å²) in [6.45, 7) is 7.37. The van der Waals surface area contributed by atoms with Crippen molar-refractivity contribution in [1.82, 2.24) is 0 Å². The van der Waals surface area contributed by atoms with Crippen LogP contribution in [-0.2, 0) is 0 Å². The van der Waals surface area contributed by atoms with E-state index in [9.17, 15) is 0 Å². The lowest BCUT2D eigenvalue weighted by Crippen LogP contribution is -1.83. The van der Waals surface area contributed by atoms with Gasteiger partial charge in [0.25, 0.3) is 0 Å². The summed E-state index contributed by atoms with van der Waals surface area (Å²) in [5.41, 5.74) is 0. The highest BCUT2D eigenvalue weighted by Crippen LogP contribution is 2.05. The first-order valence-corrected chi connectivity index (χ1v) is 9.07. The third-order valence-electron chi connectivity index (χ3n) is 3.00. The lowest BCUT2D eigenvalue weighted by molar-refractivity contribution is 0.282. The summed E-state index contributed by atoms with van der Waals surface area (Å²) in [4.78, 5) is 0. The number of hydrogen-bond acceptors (Lipinski definition) is 3. The normalized spacial score (nSPS) is 9.43.